The van der Waals surface area contributed by atoms with Gasteiger partial charge in [-0.05, 0) is 46.5 Å². The lowest BCUT2D eigenvalue weighted by Gasteiger charge is -2.32. The predicted octanol–water partition coefficient (Wildman–Crippen LogP) is 4.29. The Bertz CT molecular complexity index is 1330. The highest BCUT2D eigenvalue weighted by Gasteiger charge is 2.27. The molecule has 1 fully saturated rings. The molecule has 3 aromatic heterocycles. The van der Waals surface area contributed by atoms with Gasteiger partial charge in [0, 0.05) is 56.1 Å². The maximum atomic E-state index is 12.9. The van der Waals surface area contributed by atoms with Crippen LogP contribution in [0, 0.1) is 0 Å². The number of halogens is 1. The summed E-state index contributed by atoms with van der Waals surface area (Å²) in [7, 11) is 0. The number of phenols is 1. The molecular formula is C25H26BrN7O2. The van der Waals surface area contributed by atoms with E-state index >= 15 is 0 Å². The summed E-state index contributed by atoms with van der Waals surface area (Å²) in [5.41, 5.74) is 3.41. The Balaban J connectivity index is 1.32. The van der Waals surface area contributed by atoms with Gasteiger partial charge < -0.3 is 20.6 Å². The second kappa shape index (κ2) is 10.3. The van der Waals surface area contributed by atoms with Crippen LogP contribution in [0.2, 0.25) is 0 Å². The number of anilines is 1. The van der Waals surface area contributed by atoms with Crippen molar-refractivity contribution >= 4 is 33.4 Å². The minimum absolute atomic E-state index is 0.102. The molecule has 0 spiro atoms. The summed E-state index contributed by atoms with van der Waals surface area (Å²) in [5.74, 6) is 1.12. The molecule has 1 aromatic carbocycles. The molecule has 4 aromatic rings. The largest absolute Gasteiger partial charge is 0.508 e. The number of nitrogens with one attached hydrogen (secondary N) is 2. The van der Waals surface area contributed by atoms with Crippen molar-refractivity contribution in [2.75, 3.05) is 18.4 Å². The number of pyridine rings is 1. The molecule has 1 unspecified atom stereocenters. The van der Waals surface area contributed by atoms with Crippen LogP contribution in [0.25, 0.3) is 5.65 Å². The fourth-order valence-electron chi connectivity index (χ4n) is 4.33. The van der Waals surface area contributed by atoms with Crippen LogP contribution in [0.4, 0.5) is 10.6 Å². The Labute approximate surface area is 211 Å². The summed E-state index contributed by atoms with van der Waals surface area (Å²) < 4.78 is 2.60. The summed E-state index contributed by atoms with van der Waals surface area (Å²) in [6, 6.07) is 12.8. The van der Waals surface area contributed by atoms with Gasteiger partial charge >= 0.3 is 6.03 Å². The van der Waals surface area contributed by atoms with Gasteiger partial charge in [0.15, 0.2) is 5.65 Å². The van der Waals surface area contributed by atoms with E-state index in [1.54, 1.807) is 35.1 Å². The van der Waals surface area contributed by atoms with Crippen molar-refractivity contribution in [1.29, 1.82) is 0 Å². The van der Waals surface area contributed by atoms with Crippen LogP contribution in [-0.4, -0.2) is 48.7 Å². The Morgan fingerprint density at radius 3 is 2.89 bits per heavy atom. The number of nitrogens with zero attached hydrogens (tertiary/aromatic N) is 5. The third-order valence-electron chi connectivity index (χ3n) is 6.19. The Kier molecular flexibility index (Phi) is 6.80. The van der Waals surface area contributed by atoms with Crippen molar-refractivity contribution in [3.63, 3.8) is 0 Å². The minimum Gasteiger partial charge on any atom is -0.508 e. The van der Waals surface area contributed by atoms with E-state index < -0.39 is 0 Å². The van der Waals surface area contributed by atoms with Crippen LogP contribution in [0.15, 0.2) is 65.5 Å². The maximum absolute atomic E-state index is 12.9. The average molecular weight is 536 g/mol. The first-order chi connectivity index (χ1) is 17.1. The molecule has 2 amide bonds. The minimum atomic E-state index is -0.139. The maximum Gasteiger partial charge on any atom is 0.317 e. The first-order valence-electron chi connectivity index (χ1n) is 11.5. The number of aromatic hydroxyl groups is 1. The molecule has 35 heavy (non-hydrogen) atoms. The smallest absolute Gasteiger partial charge is 0.317 e. The summed E-state index contributed by atoms with van der Waals surface area (Å²) in [6.45, 7) is 2.15. The number of benzene rings is 1. The molecule has 0 saturated carbocycles. The molecule has 1 atom stereocenters. The third-order valence-corrected chi connectivity index (χ3v) is 6.75. The molecule has 1 aliphatic heterocycles. The molecule has 180 valence electrons. The molecule has 0 radical (unpaired) electrons. The molecule has 9 nitrogen and oxygen atoms in total. The van der Waals surface area contributed by atoms with Crippen LogP contribution >= 0.6 is 15.9 Å². The first kappa shape index (κ1) is 23.1. The Morgan fingerprint density at radius 1 is 1.17 bits per heavy atom. The van der Waals surface area contributed by atoms with Crippen LogP contribution < -0.4 is 10.6 Å². The van der Waals surface area contributed by atoms with Gasteiger partial charge in [-0.25, -0.2) is 9.78 Å². The van der Waals surface area contributed by atoms with Gasteiger partial charge in [-0.3, -0.25) is 4.98 Å². The Morgan fingerprint density at radius 2 is 2.06 bits per heavy atom. The quantitative estimate of drug-likeness (QED) is 0.340. The Hall–Kier alpha value is -3.66. The van der Waals surface area contributed by atoms with E-state index in [1.807, 2.05) is 35.4 Å². The van der Waals surface area contributed by atoms with Crippen LogP contribution in [0.5, 0.6) is 5.75 Å². The number of urea groups is 1. The zero-order valence-corrected chi connectivity index (χ0v) is 20.6. The monoisotopic (exact) mass is 535 g/mol. The fraction of sp³-hybridized carbons (Fsp3) is 0.280. The second-order valence-corrected chi connectivity index (χ2v) is 9.44. The van der Waals surface area contributed by atoms with Gasteiger partial charge in [0.05, 0.1) is 16.4 Å². The van der Waals surface area contributed by atoms with Gasteiger partial charge in [-0.15, -0.1) is 0 Å². The number of carbonyl (C=O) groups excluding carboxylic acids is 1. The molecule has 0 bridgehead atoms. The van der Waals surface area contributed by atoms with Crippen molar-refractivity contribution < 1.29 is 9.90 Å². The lowest BCUT2D eigenvalue weighted by atomic mass is 9.94. The van der Waals surface area contributed by atoms with Crippen molar-refractivity contribution in [1.82, 2.24) is 29.8 Å². The summed E-state index contributed by atoms with van der Waals surface area (Å²) in [5, 5.41) is 20.8. The first-order valence-corrected chi connectivity index (χ1v) is 12.3. The van der Waals surface area contributed by atoms with E-state index in [0.29, 0.717) is 25.2 Å². The van der Waals surface area contributed by atoms with E-state index in [2.05, 4.69) is 36.6 Å². The number of piperidine rings is 1. The van der Waals surface area contributed by atoms with Crippen molar-refractivity contribution in [2.24, 2.45) is 0 Å². The van der Waals surface area contributed by atoms with E-state index in [1.165, 1.54) is 0 Å². The average Bonchev–Trinajstić information content (AvgIpc) is 3.28. The zero-order valence-electron chi connectivity index (χ0n) is 19.1. The van der Waals surface area contributed by atoms with Gasteiger partial charge in [0.25, 0.3) is 0 Å². The summed E-state index contributed by atoms with van der Waals surface area (Å²) in [6.07, 6.45) is 7.16. The number of fused-ring (bicyclic) bond motifs is 1. The van der Waals surface area contributed by atoms with Gasteiger partial charge in [-0.2, -0.15) is 9.61 Å². The summed E-state index contributed by atoms with van der Waals surface area (Å²) in [4.78, 5) is 23.8. The van der Waals surface area contributed by atoms with Crippen LogP contribution in [0.1, 0.15) is 35.6 Å². The number of para-hydroxylation sites is 1. The lowest BCUT2D eigenvalue weighted by Crippen LogP contribution is -2.44. The predicted molar refractivity (Wildman–Crippen MR) is 136 cm³/mol. The number of hydrogen-bond acceptors (Lipinski definition) is 6. The standard InChI is InChI=1S/C25H26BrN7O2/c26-20-15-30-33-23(28-13-17-5-3-9-27-12-17)11-21(31-24(20)33)19-7-4-10-32(16-19)25(35)29-14-18-6-1-2-8-22(18)34/h1-3,5-6,8-9,11-12,15,19,28,34H,4,7,10,13-14,16H2,(H,29,35). The highest BCUT2D eigenvalue weighted by atomic mass is 79.9. The molecule has 0 aliphatic carbocycles. The van der Waals surface area contributed by atoms with Crippen LogP contribution in [-0.2, 0) is 13.1 Å². The summed E-state index contributed by atoms with van der Waals surface area (Å²) >= 11 is 3.56. The van der Waals surface area contributed by atoms with E-state index in [0.717, 1.165) is 40.0 Å². The van der Waals surface area contributed by atoms with Crippen molar-refractivity contribution in [3.8, 4) is 5.75 Å². The van der Waals surface area contributed by atoms with Crippen molar-refractivity contribution in [3.05, 3.63) is 82.3 Å². The topological polar surface area (TPSA) is 108 Å². The molecule has 3 N–H and O–H groups in total. The zero-order chi connectivity index (χ0) is 24.2. The molecule has 1 saturated heterocycles. The SMILES string of the molecule is O=C(NCc1ccccc1O)N1CCCC(c2cc(NCc3cccnc3)n3ncc(Br)c3n2)C1. The molecular weight excluding hydrogens is 510 g/mol. The lowest BCUT2D eigenvalue weighted by molar-refractivity contribution is 0.178. The molecule has 1 aliphatic rings. The fourth-order valence-corrected chi connectivity index (χ4v) is 4.68. The molecule has 10 heteroatoms. The van der Waals surface area contributed by atoms with E-state index in [9.17, 15) is 9.90 Å². The van der Waals surface area contributed by atoms with E-state index in [4.69, 9.17) is 4.98 Å². The van der Waals surface area contributed by atoms with Gasteiger partial charge in [0.1, 0.15) is 11.6 Å². The van der Waals surface area contributed by atoms with Gasteiger partial charge in [0.2, 0.25) is 0 Å². The number of hydrogen-bond donors (Lipinski definition) is 3. The highest BCUT2D eigenvalue weighted by molar-refractivity contribution is 9.10. The van der Waals surface area contributed by atoms with Gasteiger partial charge in [-0.1, -0.05) is 24.3 Å². The highest BCUT2D eigenvalue weighted by Crippen LogP contribution is 2.30. The number of amides is 2. The molecule has 4 heterocycles. The normalized spacial score (nSPS) is 15.8. The number of rotatable bonds is 6. The second-order valence-electron chi connectivity index (χ2n) is 8.58. The van der Waals surface area contributed by atoms with Crippen LogP contribution in [0.3, 0.4) is 0 Å². The molecule has 5 rings (SSSR count). The number of aromatic nitrogens is 4. The number of carbonyl (C=O) groups is 1. The number of likely N-dealkylation sites (tertiary alicyclic amines) is 1. The number of phenolic OH excluding ortho intramolecular Hbond substituents is 1. The third kappa shape index (κ3) is 5.22. The van der Waals surface area contributed by atoms with Crippen molar-refractivity contribution in [2.45, 2.75) is 31.8 Å². The van der Waals surface area contributed by atoms with E-state index in [-0.39, 0.29) is 24.2 Å².